The van der Waals surface area contributed by atoms with Crippen LogP contribution in [0.3, 0.4) is 0 Å². The first-order chi connectivity index (χ1) is 9.74. The van der Waals surface area contributed by atoms with Gasteiger partial charge in [-0.25, -0.2) is 0 Å². The van der Waals surface area contributed by atoms with Gasteiger partial charge in [0.1, 0.15) is 12.4 Å². The van der Waals surface area contributed by atoms with Crippen LogP contribution < -0.4 is 10.1 Å². The molecule has 0 aliphatic heterocycles. The molecule has 2 aromatic carbocycles. The van der Waals surface area contributed by atoms with E-state index in [2.05, 4.69) is 49.6 Å². The number of fused-ring (bicyclic) bond motifs is 1. The molecule has 0 spiro atoms. The van der Waals surface area contributed by atoms with Gasteiger partial charge in [0.25, 0.3) is 0 Å². The van der Waals surface area contributed by atoms with Gasteiger partial charge >= 0.3 is 0 Å². The van der Waals surface area contributed by atoms with E-state index in [4.69, 9.17) is 4.74 Å². The molecule has 1 heterocycles. The SMILES string of the molecule is CNc1nnc(COc2ccc3cc(Br)ccc3c2)s1. The lowest BCUT2D eigenvalue weighted by Crippen LogP contribution is -1.94. The predicted octanol–water partition coefficient (Wildman–Crippen LogP) is 4.07. The predicted molar refractivity (Wildman–Crippen MR) is 85.4 cm³/mol. The van der Waals surface area contributed by atoms with Crippen molar-refractivity contribution in [1.82, 2.24) is 10.2 Å². The van der Waals surface area contributed by atoms with Crippen LogP contribution in [0.2, 0.25) is 0 Å². The highest BCUT2D eigenvalue weighted by Gasteiger charge is 2.04. The van der Waals surface area contributed by atoms with Gasteiger partial charge in [-0.15, -0.1) is 10.2 Å². The third-order valence-corrected chi connectivity index (χ3v) is 4.22. The molecule has 0 fully saturated rings. The maximum atomic E-state index is 5.76. The second-order valence-corrected chi connectivity index (χ2v) is 6.17. The fourth-order valence-corrected chi connectivity index (χ4v) is 2.83. The quantitative estimate of drug-likeness (QED) is 0.770. The van der Waals surface area contributed by atoms with Gasteiger partial charge in [-0.1, -0.05) is 39.4 Å². The van der Waals surface area contributed by atoms with Crippen molar-refractivity contribution in [1.29, 1.82) is 0 Å². The number of ether oxygens (including phenoxy) is 1. The number of rotatable bonds is 4. The lowest BCUT2D eigenvalue weighted by Gasteiger charge is -2.05. The van der Waals surface area contributed by atoms with Crippen LogP contribution in [0.15, 0.2) is 40.9 Å². The summed E-state index contributed by atoms with van der Waals surface area (Å²) >= 11 is 4.96. The molecule has 6 heteroatoms. The Hall–Kier alpha value is -1.66. The normalized spacial score (nSPS) is 10.7. The van der Waals surface area contributed by atoms with Crippen molar-refractivity contribution in [3.8, 4) is 5.75 Å². The van der Waals surface area contributed by atoms with Crippen molar-refractivity contribution in [3.05, 3.63) is 45.9 Å². The molecule has 4 nitrogen and oxygen atoms in total. The molecule has 0 aliphatic carbocycles. The Morgan fingerprint density at radius 3 is 2.75 bits per heavy atom. The van der Waals surface area contributed by atoms with Gasteiger partial charge in [-0.2, -0.15) is 0 Å². The maximum absolute atomic E-state index is 5.76. The minimum Gasteiger partial charge on any atom is -0.486 e. The van der Waals surface area contributed by atoms with E-state index in [-0.39, 0.29) is 0 Å². The summed E-state index contributed by atoms with van der Waals surface area (Å²) in [5.74, 6) is 0.834. The third kappa shape index (κ3) is 2.91. The number of hydrogen-bond donors (Lipinski definition) is 1. The highest BCUT2D eigenvalue weighted by Crippen LogP contribution is 2.25. The Morgan fingerprint density at radius 2 is 1.95 bits per heavy atom. The van der Waals surface area contributed by atoms with Gasteiger partial charge in [-0.3, -0.25) is 0 Å². The first-order valence-corrected chi connectivity index (χ1v) is 7.68. The minimum absolute atomic E-state index is 0.432. The van der Waals surface area contributed by atoms with E-state index < -0.39 is 0 Å². The lowest BCUT2D eigenvalue weighted by molar-refractivity contribution is 0.305. The first-order valence-electron chi connectivity index (χ1n) is 6.07. The van der Waals surface area contributed by atoms with Crippen LogP contribution in [-0.2, 0) is 6.61 Å². The fourth-order valence-electron chi connectivity index (χ4n) is 1.84. The number of halogens is 1. The number of nitrogens with one attached hydrogen (secondary N) is 1. The van der Waals surface area contributed by atoms with Crippen molar-refractivity contribution < 1.29 is 4.74 Å². The van der Waals surface area contributed by atoms with E-state index in [1.54, 1.807) is 0 Å². The zero-order chi connectivity index (χ0) is 13.9. The standard InChI is InChI=1S/C14H12BrN3OS/c1-16-14-18-17-13(20-14)8-19-12-5-3-9-6-11(15)4-2-10(9)7-12/h2-7H,8H2,1H3,(H,16,18). The Balaban J connectivity index is 1.75. The van der Waals surface area contributed by atoms with E-state index in [1.807, 2.05) is 25.2 Å². The van der Waals surface area contributed by atoms with Gasteiger partial charge < -0.3 is 10.1 Å². The molecule has 0 unspecified atom stereocenters. The van der Waals surface area contributed by atoms with Crippen molar-refractivity contribution in [2.45, 2.75) is 6.61 Å². The molecule has 0 atom stereocenters. The number of nitrogens with zero attached hydrogens (tertiary/aromatic N) is 2. The van der Waals surface area contributed by atoms with E-state index in [1.165, 1.54) is 16.7 Å². The van der Waals surface area contributed by atoms with E-state index in [9.17, 15) is 0 Å². The maximum Gasteiger partial charge on any atom is 0.205 e. The average Bonchev–Trinajstić information content (AvgIpc) is 2.93. The van der Waals surface area contributed by atoms with Crippen LogP contribution in [0, 0.1) is 0 Å². The van der Waals surface area contributed by atoms with E-state index in [0.29, 0.717) is 6.61 Å². The van der Waals surface area contributed by atoms with E-state index >= 15 is 0 Å². The minimum atomic E-state index is 0.432. The Kier molecular flexibility index (Phi) is 3.84. The van der Waals surface area contributed by atoms with Crippen molar-refractivity contribution in [3.63, 3.8) is 0 Å². The van der Waals surface area contributed by atoms with Crippen molar-refractivity contribution in [2.75, 3.05) is 12.4 Å². The van der Waals surface area contributed by atoms with Crippen LogP contribution >= 0.6 is 27.3 Å². The summed E-state index contributed by atoms with van der Waals surface area (Å²) in [6, 6.07) is 12.2. The van der Waals surface area contributed by atoms with Crippen LogP contribution in [0.4, 0.5) is 5.13 Å². The first kappa shape index (κ1) is 13.3. The van der Waals surface area contributed by atoms with Crippen LogP contribution in [0.25, 0.3) is 10.8 Å². The van der Waals surface area contributed by atoms with Crippen LogP contribution in [0.1, 0.15) is 5.01 Å². The van der Waals surface area contributed by atoms with Gasteiger partial charge in [-0.05, 0) is 35.0 Å². The molecule has 102 valence electrons. The second kappa shape index (κ2) is 5.76. The molecule has 1 N–H and O–H groups in total. The summed E-state index contributed by atoms with van der Waals surface area (Å²) in [6.45, 7) is 0.432. The zero-order valence-corrected chi connectivity index (χ0v) is 13.2. The molecule has 3 rings (SSSR count). The molecular formula is C14H12BrN3OS. The molecular weight excluding hydrogens is 338 g/mol. The zero-order valence-electron chi connectivity index (χ0n) is 10.8. The highest BCUT2D eigenvalue weighted by molar-refractivity contribution is 9.10. The molecule has 3 aromatic rings. The number of benzene rings is 2. The Labute approximate surface area is 128 Å². The Bertz CT molecular complexity index is 744. The summed E-state index contributed by atoms with van der Waals surface area (Å²) in [6.07, 6.45) is 0. The molecule has 0 radical (unpaired) electrons. The van der Waals surface area contributed by atoms with Gasteiger partial charge in [0.2, 0.25) is 5.13 Å². The molecule has 0 saturated heterocycles. The van der Waals surface area contributed by atoms with Crippen LogP contribution in [0.5, 0.6) is 5.75 Å². The molecule has 1 aromatic heterocycles. The van der Waals surface area contributed by atoms with Crippen molar-refractivity contribution in [2.24, 2.45) is 0 Å². The summed E-state index contributed by atoms with van der Waals surface area (Å²) in [5, 5.41) is 15.0. The Morgan fingerprint density at radius 1 is 1.15 bits per heavy atom. The number of aromatic nitrogens is 2. The molecule has 20 heavy (non-hydrogen) atoms. The summed E-state index contributed by atoms with van der Waals surface area (Å²) < 4.78 is 6.83. The topological polar surface area (TPSA) is 47.0 Å². The largest absolute Gasteiger partial charge is 0.486 e. The summed E-state index contributed by atoms with van der Waals surface area (Å²) in [7, 11) is 1.83. The summed E-state index contributed by atoms with van der Waals surface area (Å²) in [5.41, 5.74) is 0. The monoisotopic (exact) mass is 349 g/mol. The smallest absolute Gasteiger partial charge is 0.205 e. The highest BCUT2D eigenvalue weighted by atomic mass is 79.9. The molecule has 0 amide bonds. The molecule has 0 aliphatic rings. The van der Waals surface area contributed by atoms with Crippen molar-refractivity contribution >= 4 is 43.2 Å². The van der Waals surface area contributed by atoms with Gasteiger partial charge in [0, 0.05) is 11.5 Å². The second-order valence-electron chi connectivity index (χ2n) is 4.19. The van der Waals surface area contributed by atoms with Gasteiger partial charge in [0.15, 0.2) is 5.01 Å². The number of hydrogen-bond acceptors (Lipinski definition) is 5. The number of anilines is 1. The fraction of sp³-hybridized carbons (Fsp3) is 0.143. The molecule has 0 saturated carbocycles. The lowest BCUT2D eigenvalue weighted by atomic mass is 10.1. The van der Waals surface area contributed by atoms with Crippen LogP contribution in [-0.4, -0.2) is 17.2 Å². The summed E-state index contributed by atoms with van der Waals surface area (Å²) in [4.78, 5) is 0. The third-order valence-electron chi connectivity index (χ3n) is 2.82. The van der Waals surface area contributed by atoms with Gasteiger partial charge in [0.05, 0.1) is 0 Å². The average molecular weight is 350 g/mol. The molecule has 0 bridgehead atoms. The van der Waals surface area contributed by atoms with E-state index in [0.717, 1.165) is 25.7 Å².